The van der Waals surface area contributed by atoms with Crippen LogP contribution in [-0.2, 0) is 0 Å². The molecule has 61 valence electrons. The van der Waals surface area contributed by atoms with Gasteiger partial charge in [0, 0.05) is 0 Å². The van der Waals surface area contributed by atoms with E-state index in [1.54, 1.807) is 10.2 Å². The predicted octanol–water partition coefficient (Wildman–Crippen LogP) is -0.772. The van der Waals surface area contributed by atoms with Gasteiger partial charge in [0.2, 0.25) is 0 Å². The van der Waals surface area contributed by atoms with E-state index in [1.807, 2.05) is 13.8 Å². The highest BCUT2D eigenvalue weighted by Gasteiger charge is 2.04. The number of rotatable bonds is 0. The first-order valence-electron chi connectivity index (χ1n) is 3.70. The second-order valence-corrected chi connectivity index (χ2v) is 3.41. The van der Waals surface area contributed by atoms with E-state index in [-0.39, 0.29) is 0 Å². The van der Waals surface area contributed by atoms with Crippen LogP contribution in [0.25, 0.3) is 11.2 Å². The maximum Gasteiger partial charge on any atom is 0.180 e. The number of nitrogens with zero attached hydrogens (tertiary/aromatic N) is 3. The van der Waals surface area contributed by atoms with Crippen LogP contribution < -0.4 is 5.45 Å². The maximum atomic E-state index is 4.24. The van der Waals surface area contributed by atoms with Gasteiger partial charge >= 0.3 is 0 Å². The minimum Gasteiger partial charge on any atom is -0.344 e. The molecule has 0 atom stereocenters. The zero-order valence-electron chi connectivity index (χ0n) is 7.05. The average Bonchev–Trinajstić information content (AvgIpc) is 2.29. The summed E-state index contributed by atoms with van der Waals surface area (Å²) in [6.45, 7) is 3.83. The van der Waals surface area contributed by atoms with Gasteiger partial charge in [-0.2, -0.15) is 0 Å². The lowest BCUT2D eigenvalue weighted by atomic mass is 10.4. The molecule has 2 heterocycles. The molecule has 0 aromatic carbocycles. The van der Waals surface area contributed by atoms with Crippen molar-refractivity contribution in [2.75, 3.05) is 0 Å². The van der Waals surface area contributed by atoms with E-state index in [0.717, 1.165) is 28.1 Å². The minimum absolute atomic E-state index is 0.769. The molecule has 12 heavy (non-hydrogen) atoms. The van der Waals surface area contributed by atoms with Gasteiger partial charge in [0.1, 0.15) is 11.3 Å². The highest BCUT2D eigenvalue weighted by Crippen LogP contribution is 2.07. The molecule has 0 aliphatic heterocycles. The number of aromatic amines is 1. The fourth-order valence-corrected chi connectivity index (χ4v) is 1.55. The van der Waals surface area contributed by atoms with Crippen LogP contribution in [-0.4, -0.2) is 30.2 Å². The average molecular weight is 177 g/mol. The van der Waals surface area contributed by atoms with Crippen molar-refractivity contribution in [2.24, 2.45) is 0 Å². The van der Waals surface area contributed by atoms with Gasteiger partial charge in [0.15, 0.2) is 5.65 Å². The summed E-state index contributed by atoms with van der Waals surface area (Å²) < 4.78 is 0. The summed E-state index contributed by atoms with van der Waals surface area (Å²) in [4.78, 5) is 15.8. The summed E-state index contributed by atoms with van der Waals surface area (Å²) in [5.74, 6) is 0.773. The quantitative estimate of drug-likeness (QED) is 0.538. The Labute approximate surface area is 72.9 Å². The molecule has 0 aliphatic rings. The topological polar surface area (TPSA) is 54.5 Å². The van der Waals surface area contributed by atoms with Crippen LogP contribution in [0.5, 0.6) is 0 Å². The van der Waals surface area contributed by atoms with Gasteiger partial charge in [-0.3, -0.25) is 0 Å². The molecule has 2 rings (SSSR count). The first kappa shape index (κ1) is 7.42. The molecule has 0 saturated heterocycles. The van der Waals surface area contributed by atoms with Gasteiger partial charge in [-0.1, -0.05) is 0 Å². The third-order valence-corrected chi connectivity index (χ3v) is 2.03. The van der Waals surface area contributed by atoms with E-state index in [4.69, 9.17) is 0 Å². The maximum absolute atomic E-state index is 4.24. The second kappa shape index (κ2) is 2.38. The Bertz CT molecular complexity index is 434. The highest BCUT2D eigenvalue weighted by atomic mass is 28.1. The van der Waals surface area contributed by atoms with Crippen LogP contribution in [0, 0.1) is 13.8 Å². The van der Waals surface area contributed by atoms with E-state index in [1.165, 1.54) is 0 Å². The molecule has 4 nitrogen and oxygen atoms in total. The monoisotopic (exact) mass is 177 g/mol. The summed E-state index contributed by atoms with van der Waals surface area (Å²) in [6.07, 6.45) is 0. The van der Waals surface area contributed by atoms with E-state index >= 15 is 0 Å². The number of aryl methyl sites for hydroxylation is 2. The van der Waals surface area contributed by atoms with Crippen molar-refractivity contribution in [1.82, 2.24) is 19.9 Å². The fraction of sp³-hybridized carbons (Fsp3) is 0.286. The Morgan fingerprint density at radius 3 is 2.67 bits per heavy atom. The lowest BCUT2D eigenvalue weighted by Gasteiger charge is -1.94. The number of fused-ring (bicyclic) bond motifs is 1. The molecule has 1 radical (unpaired) electrons. The molecule has 2 aromatic heterocycles. The van der Waals surface area contributed by atoms with Gasteiger partial charge < -0.3 is 4.98 Å². The number of hydrogen-bond acceptors (Lipinski definition) is 3. The van der Waals surface area contributed by atoms with Crippen molar-refractivity contribution < 1.29 is 0 Å². The number of imidazole rings is 1. The lowest BCUT2D eigenvalue weighted by molar-refractivity contribution is 1.04. The minimum atomic E-state index is 0.769. The van der Waals surface area contributed by atoms with E-state index in [2.05, 4.69) is 19.9 Å². The van der Waals surface area contributed by atoms with E-state index in [9.17, 15) is 0 Å². The van der Waals surface area contributed by atoms with Crippen molar-refractivity contribution in [3.05, 3.63) is 11.5 Å². The molecule has 0 saturated carbocycles. The van der Waals surface area contributed by atoms with Crippen LogP contribution >= 0.6 is 0 Å². The third-order valence-electron chi connectivity index (χ3n) is 1.69. The zero-order chi connectivity index (χ0) is 8.72. The van der Waals surface area contributed by atoms with Crippen LogP contribution in [0.1, 0.15) is 11.5 Å². The summed E-state index contributed by atoms with van der Waals surface area (Å²) in [6, 6.07) is 0. The summed E-state index contributed by atoms with van der Waals surface area (Å²) in [5, 5.41) is 0. The number of H-pyrrole nitrogens is 1. The Kier molecular flexibility index (Phi) is 1.47. The van der Waals surface area contributed by atoms with Crippen molar-refractivity contribution in [3.8, 4) is 0 Å². The Hall–Kier alpha value is -1.23. The number of nitrogens with one attached hydrogen (secondary N) is 1. The molecular formula is C7H9N4Si. The van der Waals surface area contributed by atoms with Crippen LogP contribution in [0.15, 0.2) is 0 Å². The lowest BCUT2D eigenvalue weighted by Crippen LogP contribution is -2.05. The summed E-state index contributed by atoms with van der Waals surface area (Å²) in [7, 11) is 1.72. The van der Waals surface area contributed by atoms with Crippen LogP contribution in [0.2, 0.25) is 0 Å². The predicted molar refractivity (Wildman–Crippen MR) is 49.3 cm³/mol. The van der Waals surface area contributed by atoms with Crippen molar-refractivity contribution >= 4 is 26.9 Å². The largest absolute Gasteiger partial charge is 0.344 e. The van der Waals surface area contributed by atoms with E-state index < -0.39 is 0 Å². The van der Waals surface area contributed by atoms with Gasteiger partial charge in [0.05, 0.1) is 21.4 Å². The van der Waals surface area contributed by atoms with Gasteiger partial charge in [-0.05, 0) is 13.8 Å². The van der Waals surface area contributed by atoms with Crippen molar-refractivity contribution in [3.63, 3.8) is 0 Å². The number of hydrogen-bond donors (Lipinski definition) is 1. The SMILES string of the molecule is Cc1nc(C)c2[nH]c([SiH2])nc2n1. The first-order chi connectivity index (χ1) is 5.66. The summed E-state index contributed by atoms with van der Waals surface area (Å²) >= 11 is 0. The molecule has 5 heteroatoms. The van der Waals surface area contributed by atoms with Gasteiger partial charge in [0.25, 0.3) is 0 Å². The van der Waals surface area contributed by atoms with Crippen molar-refractivity contribution in [1.29, 1.82) is 0 Å². The molecule has 0 bridgehead atoms. The molecule has 1 N–H and O–H groups in total. The standard InChI is InChI=1S/C7H9N4Si/c1-3-5-6(9-4(2)8-3)11-7(12)10-5/h12H2,1-2H3,(H,8,9,10,11). The van der Waals surface area contributed by atoms with Gasteiger partial charge in [-0.25, -0.2) is 15.0 Å². The Morgan fingerprint density at radius 1 is 1.17 bits per heavy atom. The normalized spacial score (nSPS) is 10.9. The highest BCUT2D eigenvalue weighted by molar-refractivity contribution is 6.29. The second-order valence-electron chi connectivity index (χ2n) is 2.74. The van der Waals surface area contributed by atoms with Crippen molar-refractivity contribution in [2.45, 2.75) is 13.8 Å². The third kappa shape index (κ3) is 1.02. The molecule has 0 aliphatic carbocycles. The molecule has 0 unspecified atom stereocenters. The first-order valence-corrected chi connectivity index (χ1v) is 4.40. The smallest absolute Gasteiger partial charge is 0.180 e. The summed E-state index contributed by atoms with van der Waals surface area (Å²) in [5.41, 5.74) is 3.59. The molecule has 0 spiro atoms. The van der Waals surface area contributed by atoms with Crippen LogP contribution in [0.3, 0.4) is 0 Å². The van der Waals surface area contributed by atoms with Crippen LogP contribution in [0.4, 0.5) is 0 Å². The Balaban J connectivity index is 2.88. The molecular weight excluding hydrogens is 168 g/mol. The number of aromatic nitrogens is 4. The molecule has 2 aromatic rings. The molecule has 0 fully saturated rings. The molecule has 0 amide bonds. The fourth-order valence-electron chi connectivity index (χ4n) is 1.22. The Morgan fingerprint density at radius 2 is 1.92 bits per heavy atom. The van der Waals surface area contributed by atoms with E-state index in [0.29, 0.717) is 0 Å². The zero-order valence-corrected chi connectivity index (χ0v) is 8.46. The van der Waals surface area contributed by atoms with Gasteiger partial charge in [-0.15, -0.1) is 0 Å².